The van der Waals surface area contributed by atoms with Gasteiger partial charge in [-0.15, -0.1) is 0 Å². The predicted octanol–water partition coefficient (Wildman–Crippen LogP) is 2.98. The first-order valence-electron chi connectivity index (χ1n) is 6.68. The fourth-order valence-electron chi connectivity index (χ4n) is 2.09. The molecule has 4 nitrogen and oxygen atoms in total. The van der Waals surface area contributed by atoms with Gasteiger partial charge in [0.15, 0.2) is 0 Å². The summed E-state index contributed by atoms with van der Waals surface area (Å²) in [5.74, 6) is 0.0634. The van der Waals surface area contributed by atoms with Crippen LogP contribution in [0.25, 0.3) is 0 Å². The molecule has 1 fully saturated rings. The summed E-state index contributed by atoms with van der Waals surface area (Å²) in [6.45, 7) is 1.17. The summed E-state index contributed by atoms with van der Waals surface area (Å²) in [5.41, 5.74) is 0.920. The zero-order chi connectivity index (χ0) is 14.1. The van der Waals surface area contributed by atoms with Gasteiger partial charge in [-0.25, -0.2) is 0 Å². The maximum atomic E-state index is 9.01. The summed E-state index contributed by atoms with van der Waals surface area (Å²) in [4.78, 5) is 9.00. The van der Waals surface area contributed by atoms with Gasteiger partial charge in [0, 0.05) is 6.92 Å². The van der Waals surface area contributed by atoms with Gasteiger partial charge < -0.3 is 14.9 Å². The number of carboxylic acids is 1. The summed E-state index contributed by atoms with van der Waals surface area (Å²) in [5, 5.41) is 16.4. The van der Waals surface area contributed by atoms with Crippen LogP contribution in [-0.4, -0.2) is 22.3 Å². The van der Waals surface area contributed by atoms with Crippen LogP contribution in [-0.2, 0) is 11.4 Å². The van der Waals surface area contributed by atoms with Crippen LogP contribution in [0.3, 0.4) is 0 Å². The highest BCUT2D eigenvalue weighted by molar-refractivity contribution is 5.62. The Balaban J connectivity index is 0.000000399. The molecule has 0 unspecified atom stereocenters. The first-order valence-corrected chi connectivity index (χ1v) is 6.68. The van der Waals surface area contributed by atoms with Crippen molar-refractivity contribution < 1.29 is 19.7 Å². The maximum absolute atomic E-state index is 9.01. The molecule has 0 spiro atoms. The second-order valence-corrected chi connectivity index (χ2v) is 4.70. The maximum Gasteiger partial charge on any atom is 0.300 e. The second-order valence-electron chi connectivity index (χ2n) is 4.70. The monoisotopic (exact) mass is 266 g/mol. The number of aliphatic hydroxyl groups excluding tert-OH is 1. The van der Waals surface area contributed by atoms with Crippen LogP contribution >= 0.6 is 0 Å². The molecule has 0 heterocycles. The fourth-order valence-corrected chi connectivity index (χ4v) is 2.09. The van der Waals surface area contributed by atoms with Crippen LogP contribution in [0.5, 0.6) is 5.75 Å². The standard InChI is InChI=1S/C13H18O2.C2H4O2/c14-10-11-5-4-8-13(9-11)15-12-6-2-1-3-7-12;1-2(3)4/h4-5,8-9,12,14H,1-3,6-7,10H2;1H3,(H,3,4). The van der Waals surface area contributed by atoms with E-state index < -0.39 is 5.97 Å². The molecule has 0 aromatic heterocycles. The van der Waals surface area contributed by atoms with Crippen molar-refractivity contribution in [3.63, 3.8) is 0 Å². The number of aliphatic hydroxyl groups is 1. The van der Waals surface area contributed by atoms with Crippen molar-refractivity contribution >= 4 is 5.97 Å². The summed E-state index contributed by atoms with van der Waals surface area (Å²) < 4.78 is 5.89. The Kier molecular flexibility index (Phi) is 6.97. The Morgan fingerprint density at radius 1 is 1.32 bits per heavy atom. The molecule has 1 aliphatic rings. The average molecular weight is 266 g/mol. The number of carbonyl (C=O) groups is 1. The molecule has 1 aromatic carbocycles. The minimum Gasteiger partial charge on any atom is -0.490 e. The lowest BCUT2D eigenvalue weighted by Gasteiger charge is -2.23. The lowest BCUT2D eigenvalue weighted by atomic mass is 9.98. The van der Waals surface area contributed by atoms with Crippen molar-refractivity contribution in [2.24, 2.45) is 0 Å². The highest BCUT2D eigenvalue weighted by atomic mass is 16.5. The Morgan fingerprint density at radius 3 is 2.53 bits per heavy atom. The first-order chi connectivity index (χ1) is 9.11. The number of benzene rings is 1. The molecule has 106 valence electrons. The van der Waals surface area contributed by atoms with Gasteiger partial charge in [0.2, 0.25) is 0 Å². The van der Waals surface area contributed by atoms with Crippen LogP contribution in [0.15, 0.2) is 24.3 Å². The third kappa shape index (κ3) is 6.82. The highest BCUT2D eigenvalue weighted by Gasteiger charge is 2.14. The minimum atomic E-state index is -0.833. The van der Waals surface area contributed by atoms with E-state index in [4.69, 9.17) is 19.7 Å². The molecule has 0 saturated heterocycles. The van der Waals surface area contributed by atoms with Gasteiger partial charge in [-0.3, -0.25) is 4.79 Å². The van der Waals surface area contributed by atoms with E-state index in [9.17, 15) is 0 Å². The SMILES string of the molecule is CC(=O)O.OCc1cccc(OC2CCCCC2)c1. The van der Waals surface area contributed by atoms with Crippen LogP contribution in [0.4, 0.5) is 0 Å². The summed E-state index contributed by atoms with van der Waals surface area (Å²) in [7, 11) is 0. The number of ether oxygens (including phenoxy) is 1. The molecule has 19 heavy (non-hydrogen) atoms. The van der Waals surface area contributed by atoms with Gasteiger partial charge in [-0.05, 0) is 43.4 Å². The zero-order valence-corrected chi connectivity index (χ0v) is 11.3. The van der Waals surface area contributed by atoms with Crippen molar-refractivity contribution in [3.8, 4) is 5.75 Å². The van der Waals surface area contributed by atoms with E-state index in [1.165, 1.54) is 32.1 Å². The van der Waals surface area contributed by atoms with Gasteiger partial charge >= 0.3 is 0 Å². The largest absolute Gasteiger partial charge is 0.490 e. The molecule has 1 aromatic rings. The molecule has 2 rings (SSSR count). The molecule has 0 bridgehead atoms. The van der Waals surface area contributed by atoms with Crippen LogP contribution < -0.4 is 4.74 Å². The normalized spacial score (nSPS) is 15.3. The van der Waals surface area contributed by atoms with Crippen molar-refractivity contribution in [2.45, 2.75) is 51.7 Å². The van der Waals surface area contributed by atoms with Gasteiger partial charge in [0.1, 0.15) is 5.75 Å². The Bertz CT molecular complexity index is 379. The zero-order valence-electron chi connectivity index (χ0n) is 11.3. The summed E-state index contributed by atoms with van der Waals surface area (Å²) in [6, 6.07) is 7.74. The number of hydrogen-bond acceptors (Lipinski definition) is 3. The van der Waals surface area contributed by atoms with E-state index in [1.54, 1.807) is 0 Å². The smallest absolute Gasteiger partial charge is 0.300 e. The van der Waals surface area contributed by atoms with Crippen molar-refractivity contribution in [3.05, 3.63) is 29.8 Å². The van der Waals surface area contributed by atoms with Crippen LogP contribution in [0.1, 0.15) is 44.6 Å². The molecule has 0 aliphatic heterocycles. The van der Waals surface area contributed by atoms with Gasteiger partial charge in [0.25, 0.3) is 5.97 Å². The molecular formula is C15H22O4. The van der Waals surface area contributed by atoms with Crippen LogP contribution in [0, 0.1) is 0 Å². The number of hydrogen-bond donors (Lipinski definition) is 2. The molecule has 4 heteroatoms. The molecule has 0 atom stereocenters. The Hall–Kier alpha value is -1.55. The second kappa shape index (κ2) is 8.53. The van der Waals surface area contributed by atoms with E-state index in [2.05, 4.69) is 0 Å². The molecule has 2 N–H and O–H groups in total. The van der Waals surface area contributed by atoms with E-state index in [0.717, 1.165) is 18.2 Å². The Labute approximate surface area is 114 Å². The molecule has 1 aliphatic carbocycles. The van der Waals surface area contributed by atoms with Gasteiger partial charge in [-0.1, -0.05) is 18.6 Å². The van der Waals surface area contributed by atoms with E-state index >= 15 is 0 Å². The van der Waals surface area contributed by atoms with Crippen molar-refractivity contribution in [1.82, 2.24) is 0 Å². The van der Waals surface area contributed by atoms with Gasteiger partial charge in [0.05, 0.1) is 12.7 Å². The summed E-state index contributed by atoms with van der Waals surface area (Å²) >= 11 is 0. The molecule has 1 saturated carbocycles. The van der Waals surface area contributed by atoms with Gasteiger partial charge in [-0.2, -0.15) is 0 Å². The third-order valence-electron chi connectivity index (χ3n) is 2.94. The lowest BCUT2D eigenvalue weighted by Crippen LogP contribution is -2.19. The van der Waals surface area contributed by atoms with E-state index in [1.807, 2.05) is 24.3 Å². The molecular weight excluding hydrogens is 244 g/mol. The predicted molar refractivity (Wildman–Crippen MR) is 73.2 cm³/mol. The summed E-state index contributed by atoms with van der Waals surface area (Å²) in [6.07, 6.45) is 6.63. The number of aliphatic carboxylic acids is 1. The quantitative estimate of drug-likeness (QED) is 0.882. The Morgan fingerprint density at radius 2 is 1.95 bits per heavy atom. The molecule has 0 radical (unpaired) electrons. The van der Waals surface area contributed by atoms with E-state index in [-0.39, 0.29) is 6.61 Å². The van der Waals surface area contributed by atoms with E-state index in [0.29, 0.717) is 6.10 Å². The van der Waals surface area contributed by atoms with Crippen molar-refractivity contribution in [2.75, 3.05) is 0 Å². The number of carboxylic acid groups (broad SMARTS) is 1. The lowest BCUT2D eigenvalue weighted by molar-refractivity contribution is -0.134. The highest BCUT2D eigenvalue weighted by Crippen LogP contribution is 2.23. The fraction of sp³-hybridized carbons (Fsp3) is 0.533. The third-order valence-corrected chi connectivity index (χ3v) is 2.94. The first kappa shape index (κ1) is 15.5. The average Bonchev–Trinajstić information content (AvgIpc) is 2.39. The minimum absolute atomic E-state index is 0.0852. The van der Waals surface area contributed by atoms with Crippen LogP contribution in [0.2, 0.25) is 0 Å². The topological polar surface area (TPSA) is 66.8 Å². The number of rotatable bonds is 3. The van der Waals surface area contributed by atoms with Crippen molar-refractivity contribution in [1.29, 1.82) is 0 Å². The molecule has 0 amide bonds.